The van der Waals surface area contributed by atoms with Crippen molar-refractivity contribution >= 4 is 5.97 Å². The van der Waals surface area contributed by atoms with Crippen molar-refractivity contribution < 1.29 is 9.53 Å². The standard InChI is InChI=1S/C17H34N2O2/c1-5-11-18-17(4,16(20)21-7-3)10-14-19-12-8-15(6-2)9-13-19/h15,18H,5-14H2,1-4H3. The Morgan fingerprint density at radius 2 is 1.95 bits per heavy atom. The van der Waals surface area contributed by atoms with Crippen molar-refractivity contribution in [1.82, 2.24) is 10.2 Å². The minimum Gasteiger partial charge on any atom is -0.465 e. The van der Waals surface area contributed by atoms with Crippen LogP contribution in [0, 0.1) is 5.92 Å². The summed E-state index contributed by atoms with van der Waals surface area (Å²) >= 11 is 0. The van der Waals surface area contributed by atoms with Gasteiger partial charge >= 0.3 is 5.97 Å². The van der Waals surface area contributed by atoms with Crippen LogP contribution in [0.15, 0.2) is 0 Å². The third-order valence-corrected chi connectivity index (χ3v) is 4.70. The lowest BCUT2D eigenvalue weighted by Crippen LogP contribution is -2.53. The zero-order valence-electron chi connectivity index (χ0n) is 14.4. The highest BCUT2D eigenvalue weighted by atomic mass is 16.5. The van der Waals surface area contributed by atoms with Crippen molar-refractivity contribution in [3.8, 4) is 0 Å². The molecule has 1 heterocycles. The molecule has 1 rings (SSSR count). The van der Waals surface area contributed by atoms with E-state index in [9.17, 15) is 4.79 Å². The summed E-state index contributed by atoms with van der Waals surface area (Å²) in [6.07, 6.45) is 5.75. The molecule has 0 aromatic carbocycles. The Kier molecular flexibility index (Phi) is 8.27. The first-order valence-electron chi connectivity index (χ1n) is 8.70. The summed E-state index contributed by atoms with van der Waals surface area (Å²) in [6, 6.07) is 0. The van der Waals surface area contributed by atoms with Crippen LogP contribution in [0.1, 0.15) is 59.8 Å². The van der Waals surface area contributed by atoms with E-state index in [2.05, 4.69) is 24.1 Å². The second-order valence-corrected chi connectivity index (χ2v) is 6.42. The molecule has 0 aliphatic carbocycles. The smallest absolute Gasteiger partial charge is 0.326 e. The summed E-state index contributed by atoms with van der Waals surface area (Å²) in [5.41, 5.74) is -0.548. The normalized spacial score (nSPS) is 20.2. The van der Waals surface area contributed by atoms with Gasteiger partial charge in [0, 0.05) is 6.54 Å². The van der Waals surface area contributed by atoms with Gasteiger partial charge in [0.25, 0.3) is 0 Å². The quantitative estimate of drug-likeness (QED) is 0.665. The Bertz CT molecular complexity index is 301. The van der Waals surface area contributed by atoms with Gasteiger partial charge in [0.05, 0.1) is 6.61 Å². The molecule has 4 heteroatoms. The molecule has 0 aromatic rings. The van der Waals surface area contributed by atoms with Crippen LogP contribution >= 0.6 is 0 Å². The molecule has 124 valence electrons. The van der Waals surface area contributed by atoms with Crippen LogP contribution in [0.3, 0.4) is 0 Å². The monoisotopic (exact) mass is 298 g/mol. The molecular weight excluding hydrogens is 264 g/mol. The predicted octanol–water partition coefficient (Wildman–Crippen LogP) is 2.82. The summed E-state index contributed by atoms with van der Waals surface area (Å²) in [5, 5.41) is 3.39. The van der Waals surface area contributed by atoms with Crippen molar-refractivity contribution in [3.63, 3.8) is 0 Å². The van der Waals surface area contributed by atoms with Crippen LogP contribution in [-0.4, -0.2) is 49.2 Å². The van der Waals surface area contributed by atoms with E-state index in [4.69, 9.17) is 4.74 Å². The van der Waals surface area contributed by atoms with E-state index < -0.39 is 5.54 Å². The fraction of sp³-hybridized carbons (Fsp3) is 0.941. The molecule has 1 aliphatic heterocycles. The summed E-state index contributed by atoms with van der Waals surface area (Å²) < 4.78 is 5.26. The van der Waals surface area contributed by atoms with E-state index in [1.54, 1.807) is 0 Å². The highest BCUT2D eigenvalue weighted by Gasteiger charge is 2.34. The van der Waals surface area contributed by atoms with Crippen LogP contribution in [0.5, 0.6) is 0 Å². The van der Waals surface area contributed by atoms with Crippen LogP contribution in [-0.2, 0) is 9.53 Å². The molecule has 0 bridgehead atoms. The Morgan fingerprint density at radius 3 is 2.48 bits per heavy atom. The van der Waals surface area contributed by atoms with Gasteiger partial charge in [0.1, 0.15) is 5.54 Å². The Hall–Kier alpha value is -0.610. The third-order valence-electron chi connectivity index (χ3n) is 4.70. The second kappa shape index (κ2) is 9.42. The van der Waals surface area contributed by atoms with Crippen molar-refractivity contribution in [3.05, 3.63) is 0 Å². The zero-order valence-corrected chi connectivity index (χ0v) is 14.4. The molecule has 4 nitrogen and oxygen atoms in total. The molecule has 0 radical (unpaired) electrons. The summed E-state index contributed by atoms with van der Waals surface area (Å²) in [4.78, 5) is 14.7. The molecule has 1 atom stereocenters. The van der Waals surface area contributed by atoms with E-state index in [0.717, 1.165) is 31.8 Å². The maximum Gasteiger partial charge on any atom is 0.326 e. The van der Waals surface area contributed by atoms with Gasteiger partial charge < -0.3 is 15.0 Å². The number of likely N-dealkylation sites (tertiary alicyclic amines) is 1. The van der Waals surface area contributed by atoms with Crippen molar-refractivity contribution in [2.45, 2.75) is 65.3 Å². The van der Waals surface area contributed by atoms with Crippen molar-refractivity contribution in [1.29, 1.82) is 0 Å². The number of nitrogens with zero attached hydrogens (tertiary/aromatic N) is 1. The molecule has 0 amide bonds. The van der Waals surface area contributed by atoms with Gasteiger partial charge in [-0.2, -0.15) is 0 Å². The number of ether oxygens (including phenoxy) is 1. The van der Waals surface area contributed by atoms with E-state index in [1.807, 2.05) is 13.8 Å². The number of piperidine rings is 1. The number of carbonyl (C=O) groups excluding carboxylic acids is 1. The van der Waals surface area contributed by atoms with Gasteiger partial charge in [-0.05, 0) is 65.1 Å². The minimum absolute atomic E-state index is 0.109. The van der Waals surface area contributed by atoms with Gasteiger partial charge in [-0.15, -0.1) is 0 Å². The lowest BCUT2D eigenvalue weighted by Gasteiger charge is -2.35. The number of esters is 1. The van der Waals surface area contributed by atoms with Gasteiger partial charge in [-0.25, -0.2) is 0 Å². The molecule has 1 unspecified atom stereocenters. The van der Waals surface area contributed by atoms with Crippen LogP contribution < -0.4 is 5.32 Å². The lowest BCUT2D eigenvalue weighted by molar-refractivity contribution is -0.151. The molecule has 1 fully saturated rings. The van der Waals surface area contributed by atoms with Gasteiger partial charge in [0.2, 0.25) is 0 Å². The first-order chi connectivity index (χ1) is 10.1. The number of nitrogens with one attached hydrogen (secondary N) is 1. The SMILES string of the molecule is CCCNC(C)(CCN1CCC(CC)CC1)C(=O)OCC. The maximum absolute atomic E-state index is 12.2. The van der Waals surface area contributed by atoms with Gasteiger partial charge in [-0.3, -0.25) is 4.79 Å². The van der Waals surface area contributed by atoms with E-state index in [0.29, 0.717) is 6.61 Å². The first kappa shape index (κ1) is 18.4. The Morgan fingerprint density at radius 1 is 1.29 bits per heavy atom. The van der Waals surface area contributed by atoms with Crippen molar-refractivity contribution in [2.24, 2.45) is 5.92 Å². The summed E-state index contributed by atoms with van der Waals surface area (Å²) in [5.74, 6) is 0.790. The van der Waals surface area contributed by atoms with Crippen LogP contribution in [0.2, 0.25) is 0 Å². The van der Waals surface area contributed by atoms with Gasteiger partial charge in [-0.1, -0.05) is 20.3 Å². The fourth-order valence-corrected chi connectivity index (χ4v) is 2.95. The lowest BCUT2D eigenvalue weighted by atomic mass is 9.92. The minimum atomic E-state index is -0.548. The summed E-state index contributed by atoms with van der Waals surface area (Å²) in [6.45, 7) is 12.9. The molecule has 0 spiro atoms. The molecule has 0 saturated carbocycles. The number of carbonyl (C=O) groups is 1. The highest BCUT2D eigenvalue weighted by molar-refractivity contribution is 5.80. The fourth-order valence-electron chi connectivity index (χ4n) is 2.95. The molecule has 0 aromatic heterocycles. The largest absolute Gasteiger partial charge is 0.465 e. The average molecular weight is 298 g/mol. The molecule has 1 saturated heterocycles. The van der Waals surface area contributed by atoms with Crippen LogP contribution in [0.25, 0.3) is 0 Å². The molecule has 1 N–H and O–H groups in total. The van der Waals surface area contributed by atoms with E-state index in [-0.39, 0.29) is 5.97 Å². The number of hydrogen-bond acceptors (Lipinski definition) is 4. The maximum atomic E-state index is 12.2. The predicted molar refractivity (Wildman–Crippen MR) is 87.4 cm³/mol. The highest BCUT2D eigenvalue weighted by Crippen LogP contribution is 2.21. The van der Waals surface area contributed by atoms with Crippen molar-refractivity contribution in [2.75, 3.05) is 32.8 Å². The second-order valence-electron chi connectivity index (χ2n) is 6.42. The number of hydrogen-bond donors (Lipinski definition) is 1. The average Bonchev–Trinajstić information content (AvgIpc) is 2.51. The molecule has 21 heavy (non-hydrogen) atoms. The third kappa shape index (κ3) is 5.95. The van der Waals surface area contributed by atoms with Gasteiger partial charge in [0.15, 0.2) is 0 Å². The topological polar surface area (TPSA) is 41.6 Å². The van der Waals surface area contributed by atoms with E-state index in [1.165, 1.54) is 32.4 Å². The summed E-state index contributed by atoms with van der Waals surface area (Å²) in [7, 11) is 0. The number of rotatable bonds is 9. The van der Waals surface area contributed by atoms with E-state index >= 15 is 0 Å². The Balaban J connectivity index is 2.47. The molecular formula is C17H34N2O2. The zero-order chi connectivity index (χ0) is 15.7. The molecule has 1 aliphatic rings. The first-order valence-corrected chi connectivity index (χ1v) is 8.70. The van der Waals surface area contributed by atoms with Crippen LogP contribution in [0.4, 0.5) is 0 Å². The Labute approximate surface area is 130 Å².